The normalized spacial score (nSPS) is 10.8. The van der Waals surface area contributed by atoms with E-state index >= 15 is 0 Å². The molecule has 0 saturated heterocycles. The molecule has 3 rings (SSSR count). The quantitative estimate of drug-likeness (QED) is 0.755. The van der Waals surface area contributed by atoms with Crippen LogP contribution in [-0.2, 0) is 17.8 Å². The number of nitrogens with one attached hydrogen (secondary N) is 2. The second-order valence-corrected chi connectivity index (χ2v) is 5.46. The maximum absolute atomic E-state index is 13.3. The molecule has 2 aromatic carbocycles. The van der Waals surface area contributed by atoms with Gasteiger partial charge in [0, 0.05) is 28.7 Å². The number of carbonyl (C=O) groups is 1. The molecule has 1 amide bonds. The van der Waals surface area contributed by atoms with Crippen molar-refractivity contribution < 1.29 is 9.18 Å². The minimum absolute atomic E-state index is 0.134. The molecule has 0 atom stereocenters. The number of fused-ring (bicyclic) bond motifs is 1. The van der Waals surface area contributed by atoms with Gasteiger partial charge in [0.15, 0.2) is 0 Å². The van der Waals surface area contributed by atoms with Crippen molar-refractivity contribution in [3.8, 4) is 0 Å². The van der Waals surface area contributed by atoms with E-state index in [4.69, 9.17) is 11.6 Å². The van der Waals surface area contributed by atoms with Crippen molar-refractivity contribution >= 4 is 28.4 Å². The van der Waals surface area contributed by atoms with Crippen molar-refractivity contribution in [3.63, 3.8) is 0 Å². The lowest BCUT2D eigenvalue weighted by atomic mass is 10.1. The molecule has 0 aliphatic carbocycles. The van der Waals surface area contributed by atoms with E-state index in [-0.39, 0.29) is 18.1 Å². The summed E-state index contributed by atoms with van der Waals surface area (Å²) in [4.78, 5) is 15.1. The Morgan fingerprint density at radius 1 is 1.18 bits per heavy atom. The van der Waals surface area contributed by atoms with Gasteiger partial charge in [-0.05, 0) is 35.4 Å². The van der Waals surface area contributed by atoms with Gasteiger partial charge in [-0.1, -0.05) is 29.8 Å². The van der Waals surface area contributed by atoms with Gasteiger partial charge in [0.25, 0.3) is 0 Å². The molecule has 0 saturated carbocycles. The number of hydrogen-bond acceptors (Lipinski definition) is 1. The molecule has 0 aliphatic heterocycles. The Hall–Kier alpha value is -2.33. The lowest BCUT2D eigenvalue weighted by Gasteiger charge is -2.06. The van der Waals surface area contributed by atoms with Crippen LogP contribution in [0.4, 0.5) is 4.39 Å². The van der Waals surface area contributed by atoms with Gasteiger partial charge in [0.05, 0.1) is 6.42 Å². The molecule has 3 nitrogen and oxygen atoms in total. The molecule has 0 fully saturated rings. The fraction of sp³-hybridized carbons (Fsp3) is 0.118. The number of rotatable bonds is 4. The molecule has 3 aromatic rings. The van der Waals surface area contributed by atoms with Crippen LogP contribution in [0.15, 0.2) is 48.7 Å². The molecular weight excluding hydrogens is 303 g/mol. The highest BCUT2D eigenvalue weighted by Gasteiger charge is 2.10. The van der Waals surface area contributed by atoms with Crippen molar-refractivity contribution in [3.05, 3.63) is 70.6 Å². The first-order chi connectivity index (χ1) is 10.6. The summed E-state index contributed by atoms with van der Waals surface area (Å²) in [5.41, 5.74) is 2.45. The Morgan fingerprint density at radius 2 is 2.00 bits per heavy atom. The predicted octanol–water partition coefficient (Wildman–Crippen LogP) is 3.82. The fourth-order valence-corrected chi connectivity index (χ4v) is 2.57. The lowest BCUT2D eigenvalue weighted by Crippen LogP contribution is -2.24. The van der Waals surface area contributed by atoms with Gasteiger partial charge in [-0.25, -0.2) is 4.39 Å². The molecule has 5 heteroatoms. The van der Waals surface area contributed by atoms with Crippen molar-refractivity contribution in [2.75, 3.05) is 0 Å². The van der Waals surface area contributed by atoms with Gasteiger partial charge in [-0.3, -0.25) is 4.79 Å². The number of benzene rings is 2. The first-order valence-electron chi connectivity index (χ1n) is 6.89. The van der Waals surface area contributed by atoms with E-state index < -0.39 is 0 Å². The molecule has 1 heterocycles. The molecular formula is C17H14ClFN2O. The van der Waals surface area contributed by atoms with E-state index in [2.05, 4.69) is 10.3 Å². The van der Waals surface area contributed by atoms with E-state index in [1.165, 1.54) is 12.1 Å². The summed E-state index contributed by atoms with van der Waals surface area (Å²) in [5.74, 6) is -0.449. The number of amides is 1. The highest BCUT2D eigenvalue weighted by atomic mass is 35.5. The number of aromatic amines is 1. The number of halogens is 2. The summed E-state index contributed by atoms with van der Waals surface area (Å²) in [5, 5.41) is 4.18. The Morgan fingerprint density at radius 3 is 2.82 bits per heavy atom. The van der Waals surface area contributed by atoms with Crippen LogP contribution in [-0.4, -0.2) is 10.9 Å². The summed E-state index contributed by atoms with van der Waals surface area (Å²) in [6, 6.07) is 11.8. The molecule has 112 valence electrons. The molecule has 0 bridgehead atoms. The van der Waals surface area contributed by atoms with Crippen LogP contribution >= 0.6 is 11.6 Å². The van der Waals surface area contributed by atoms with Gasteiger partial charge in [0.2, 0.25) is 5.91 Å². The minimum atomic E-state index is -0.315. The van der Waals surface area contributed by atoms with Gasteiger partial charge >= 0.3 is 0 Å². The van der Waals surface area contributed by atoms with Crippen LogP contribution in [0.25, 0.3) is 10.9 Å². The summed E-state index contributed by atoms with van der Waals surface area (Å²) in [6.07, 6.45) is 1.92. The van der Waals surface area contributed by atoms with Crippen molar-refractivity contribution in [2.45, 2.75) is 13.0 Å². The fourth-order valence-electron chi connectivity index (χ4n) is 2.37. The number of hydrogen-bond donors (Lipinski definition) is 2. The van der Waals surface area contributed by atoms with E-state index in [9.17, 15) is 9.18 Å². The highest BCUT2D eigenvalue weighted by Crippen LogP contribution is 2.20. The van der Waals surface area contributed by atoms with Crippen LogP contribution in [0.1, 0.15) is 11.1 Å². The number of H-pyrrole nitrogens is 1. The summed E-state index contributed by atoms with van der Waals surface area (Å²) < 4.78 is 13.3. The van der Waals surface area contributed by atoms with Crippen LogP contribution in [0.5, 0.6) is 0 Å². The summed E-state index contributed by atoms with van der Waals surface area (Å²) >= 11 is 6.05. The average molecular weight is 317 g/mol. The minimum Gasteiger partial charge on any atom is -0.361 e. The number of carbonyl (C=O) groups excluding carboxylic acids is 1. The molecule has 2 N–H and O–H groups in total. The Bertz CT molecular complexity index is 828. The maximum atomic E-state index is 13.3. The van der Waals surface area contributed by atoms with Gasteiger partial charge in [0.1, 0.15) is 5.82 Å². The van der Waals surface area contributed by atoms with E-state index in [1.807, 2.05) is 18.2 Å². The molecule has 0 spiro atoms. The Balaban J connectivity index is 1.68. The molecule has 22 heavy (non-hydrogen) atoms. The predicted molar refractivity (Wildman–Crippen MR) is 85.3 cm³/mol. The second-order valence-electron chi connectivity index (χ2n) is 5.05. The van der Waals surface area contributed by atoms with Crippen molar-refractivity contribution in [2.24, 2.45) is 0 Å². The van der Waals surface area contributed by atoms with Crippen LogP contribution in [0.2, 0.25) is 5.02 Å². The SMILES string of the molecule is O=C(Cc1c[nH]c2ccc(F)cc12)NCc1ccccc1Cl. The topological polar surface area (TPSA) is 44.9 Å². The third kappa shape index (κ3) is 3.12. The van der Waals surface area contributed by atoms with Gasteiger partial charge in [-0.15, -0.1) is 0 Å². The summed E-state index contributed by atoms with van der Waals surface area (Å²) in [7, 11) is 0. The van der Waals surface area contributed by atoms with Crippen LogP contribution in [0.3, 0.4) is 0 Å². The van der Waals surface area contributed by atoms with Crippen LogP contribution < -0.4 is 5.32 Å². The van der Waals surface area contributed by atoms with E-state index in [0.717, 1.165) is 22.0 Å². The Kier molecular flexibility index (Phi) is 4.11. The Labute approximate surface area is 132 Å². The standard InChI is InChI=1S/C17H14ClFN2O/c18-15-4-2-1-3-11(15)9-21-17(22)7-12-10-20-16-6-5-13(19)8-14(12)16/h1-6,8,10,20H,7,9H2,(H,21,22). The lowest BCUT2D eigenvalue weighted by molar-refractivity contribution is -0.120. The van der Waals surface area contributed by atoms with Crippen molar-refractivity contribution in [1.29, 1.82) is 0 Å². The van der Waals surface area contributed by atoms with Crippen molar-refractivity contribution in [1.82, 2.24) is 10.3 Å². The van der Waals surface area contributed by atoms with Crippen LogP contribution in [0, 0.1) is 5.82 Å². The monoisotopic (exact) mass is 316 g/mol. The third-order valence-corrected chi connectivity index (χ3v) is 3.88. The first kappa shape index (κ1) is 14.6. The molecule has 0 aliphatic rings. The van der Waals surface area contributed by atoms with E-state index in [0.29, 0.717) is 11.6 Å². The zero-order chi connectivity index (χ0) is 15.5. The zero-order valence-corrected chi connectivity index (χ0v) is 12.5. The first-order valence-corrected chi connectivity index (χ1v) is 7.27. The molecule has 0 radical (unpaired) electrons. The largest absolute Gasteiger partial charge is 0.361 e. The number of aromatic nitrogens is 1. The highest BCUT2D eigenvalue weighted by molar-refractivity contribution is 6.31. The van der Waals surface area contributed by atoms with Gasteiger partial charge < -0.3 is 10.3 Å². The molecule has 1 aromatic heterocycles. The van der Waals surface area contributed by atoms with E-state index in [1.54, 1.807) is 18.3 Å². The molecule has 0 unspecified atom stereocenters. The average Bonchev–Trinajstić information content (AvgIpc) is 2.89. The van der Waals surface area contributed by atoms with Gasteiger partial charge in [-0.2, -0.15) is 0 Å². The summed E-state index contributed by atoms with van der Waals surface area (Å²) in [6.45, 7) is 0.370. The zero-order valence-electron chi connectivity index (χ0n) is 11.7. The second kappa shape index (κ2) is 6.20. The smallest absolute Gasteiger partial charge is 0.224 e. The third-order valence-electron chi connectivity index (χ3n) is 3.51. The maximum Gasteiger partial charge on any atom is 0.224 e.